The van der Waals surface area contributed by atoms with Crippen LogP contribution >= 0.6 is 0 Å². The van der Waals surface area contributed by atoms with Gasteiger partial charge in [-0.2, -0.15) is 0 Å². The van der Waals surface area contributed by atoms with Crippen molar-refractivity contribution in [1.82, 2.24) is 9.97 Å². The van der Waals surface area contributed by atoms with Crippen LogP contribution < -0.4 is 4.90 Å². The lowest BCUT2D eigenvalue weighted by molar-refractivity contribution is 0.276. The standard InChI is InChI=1S/C14H23N3O/c1-6-17(8-10(2)3)13-7-15-14(11(4)5)16-12(13)9-18/h7,11,18H,2,6,8-9H2,1,3-5H3. The summed E-state index contributed by atoms with van der Waals surface area (Å²) in [4.78, 5) is 10.9. The van der Waals surface area contributed by atoms with Crippen LogP contribution in [0, 0.1) is 0 Å². The lowest BCUT2D eigenvalue weighted by Gasteiger charge is -2.25. The molecule has 0 saturated carbocycles. The Balaban J connectivity index is 3.10. The summed E-state index contributed by atoms with van der Waals surface area (Å²) in [6.07, 6.45) is 1.81. The Hall–Kier alpha value is -1.42. The van der Waals surface area contributed by atoms with Gasteiger partial charge in [0.15, 0.2) is 0 Å². The number of nitrogens with zero attached hydrogens (tertiary/aromatic N) is 3. The van der Waals surface area contributed by atoms with Crippen molar-refractivity contribution in [3.63, 3.8) is 0 Å². The van der Waals surface area contributed by atoms with Gasteiger partial charge in [-0.15, -0.1) is 0 Å². The highest BCUT2D eigenvalue weighted by molar-refractivity contribution is 5.49. The molecule has 0 unspecified atom stereocenters. The predicted molar refractivity (Wildman–Crippen MR) is 74.7 cm³/mol. The normalized spacial score (nSPS) is 10.8. The summed E-state index contributed by atoms with van der Waals surface area (Å²) in [5.41, 5.74) is 2.66. The molecule has 1 aromatic rings. The summed E-state index contributed by atoms with van der Waals surface area (Å²) in [5, 5.41) is 9.46. The fraction of sp³-hybridized carbons (Fsp3) is 0.571. The number of hydrogen-bond donors (Lipinski definition) is 1. The van der Waals surface area contributed by atoms with Gasteiger partial charge in [-0.05, 0) is 13.8 Å². The van der Waals surface area contributed by atoms with Crippen molar-refractivity contribution in [2.45, 2.75) is 40.2 Å². The molecule has 0 atom stereocenters. The third-order valence-electron chi connectivity index (χ3n) is 2.71. The number of aliphatic hydroxyl groups excluding tert-OH is 1. The fourth-order valence-electron chi connectivity index (χ4n) is 1.78. The Morgan fingerprint density at radius 2 is 2.17 bits per heavy atom. The second-order valence-corrected chi connectivity index (χ2v) is 4.84. The molecule has 0 aliphatic carbocycles. The largest absolute Gasteiger partial charge is 0.390 e. The summed E-state index contributed by atoms with van der Waals surface area (Å²) < 4.78 is 0. The van der Waals surface area contributed by atoms with Gasteiger partial charge in [0.05, 0.1) is 24.2 Å². The van der Waals surface area contributed by atoms with E-state index in [-0.39, 0.29) is 12.5 Å². The van der Waals surface area contributed by atoms with Gasteiger partial charge in [0.2, 0.25) is 0 Å². The topological polar surface area (TPSA) is 49.2 Å². The van der Waals surface area contributed by atoms with E-state index in [1.54, 1.807) is 6.20 Å². The molecule has 0 radical (unpaired) electrons. The van der Waals surface area contributed by atoms with E-state index in [2.05, 4.69) is 28.4 Å². The van der Waals surface area contributed by atoms with Crippen LogP contribution in [0.15, 0.2) is 18.3 Å². The van der Waals surface area contributed by atoms with Crippen LogP contribution in [0.3, 0.4) is 0 Å². The number of likely N-dealkylation sites (N-methyl/N-ethyl adjacent to an activating group) is 1. The van der Waals surface area contributed by atoms with E-state index in [0.717, 1.165) is 30.2 Å². The first-order valence-corrected chi connectivity index (χ1v) is 6.35. The molecule has 0 aliphatic rings. The summed E-state index contributed by atoms with van der Waals surface area (Å²) in [5.74, 6) is 1.04. The lowest BCUT2D eigenvalue weighted by Crippen LogP contribution is -2.26. The molecular formula is C14H23N3O. The van der Waals surface area contributed by atoms with Crippen molar-refractivity contribution in [3.8, 4) is 0 Å². The molecule has 4 nitrogen and oxygen atoms in total. The van der Waals surface area contributed by atoms with Gasteiger partial charge in [-0.25, -0.2) is 9.97 Å². The first-order chi connectivity index (χ1) is 8.49. The maximum absolute atomic E-state index is 9.46. The van der Waals surface area contributed by atoms with E-state index in [4.69, 9.17) is 0 Å². The molecule has 100 valence electrons. The van der Waals surface area contributed by atoms with Crippen LogP contribution in [0.1, 0.15) is 45.1 Å². The van der Waals surface area contributed by atoms with Crippen LogP contribution in [0.5, 0.6) is 0 Å². The zero-order valence-corrected chi connectivity index (χ0v) is 11.8. The average Bonchev–Trinajstić information content (AvgIpc) is 2.34. The van der Waals surface area contributed by atoms with Crippen LogP contribution in [-0.4, -0.2) is 28.2 Å². The second kappa shape index (κ2) is 6.50. The third-order valence-corrected chi connectivity index (χ3v) is 2.71. The van der Waals surface area contributed by atoms with Crippen molar-refractivity contribution >= 4 is 5.69 Å². The monoisotopic (exact) mass is 249 g/mol. The van der Waals surface area contributed by atoms with Crippen molar-refractivity contribution in [3.05, 3.63) is 29.9 Å². The van der Waals surface area contributed by atoms with Gasteiger partial charge in [0.1, 0.15) is 5.82 Å². The minimum Gasteiger partial charge on any atom is -0.390 e. The second-order valence-electron chi connectivity index (χ2n) is 4.84. The van der Waals surface area contributed by atoms with Crippen LogP contribution in [0.4, 0.5) is 5.69 Å². The minimum absolute atomic E-state index is 0.0652. The van der Waals surface area contributed by atoms with Crippen molar-refractivity contribution < 1.29 is 5.11 Å². The minimum atomic E-state index is -0.0652. The zero-order chi connectivity index (χ0) is 13.7. The smallest absolute Gasteiger partial charge is 0.131 e. The Bertz CT molecular complexity index is 416. The fourth-order valence-corrected chi connectivity index (χ4v) is 1.78. The first-order valence-electron chi connectivity index (χ1n) is 6.35. The van der Waals surface area contributed by atoms with Gasteiger partial charge >= 0.3 is 0 Å². The third kappa shape index (κ3) is 3.53. The van der Waals surface area contributed by atoms with Crippen LogP contribution in [0.2, 0.25) is 0 Å². The number of aliphatic hydroxyl groups is 1. The van der Waals surface area contributed by atoms with E-state index in [1.165, 1.54) is 0 Å². The molecule has 0 spiro atoms. The molecule has 0 amide bonds. The molecular weight excluding hydrogens is 226 g/mol. The predicted octanol–water partition coefficient (Wildman–Crippen LogP) is 2.49. The lowest BCUT2D eigenvalue weighted by atomic mass is 10.2. The maximum Gasteiger partial charge on any atom is 0.131 e. The SMILES string of the molecule is C=C(C)CN(CC)c1cnc(C(C)C)nc1CO. The molecule has 1 aromatic heterocycles. The highest BCUT2D eigenvalue weighted by atomic mass is 16.3. The molecule has 0 saturated heterocycles. The maximum atomic E-state index is 9.46. The highest BCUT2D eigenvalue weighted by Crippen LogP contribution is 2.21. The summed E-state index contributed by atoms with van der Waals surface area (Å²) in [7, 11) is 0. The van der Waals surface area contributed by atoms with E-state index < -0.39 is 0 Å². The Labute approximate surface area is 109 Å². The van der Waals surface area contributed by atoms with Gasteiger partial charge in [-0.1, -0.05) is 26.0 Å². The van der Waals surface area contributed by atoms with E-state index >= 15 is 0 Å². The van der Waals surface area contributed by atoms with Gasteiger partial charge < -0.3 is 10.0 Å². The average molecular weight is 249 g/mol. The number of rotatable bonds is 6. The van der Waals surface area contributed by atoms with Gasteiger partial charge in [0, 0.05) is 19.0 Å². The van der Waals surface area contributed by atoms with Gasteiger partial charge in [0.25, 0.3) is 0 Å². The molecule has 0 fully saturated rings. The molecule has 1 heterocycles. The molecule has 0 aromatic carbocycles. The van der Waals surface area contributed by atoms with E-state index in [9.17, 15) is 5.11 Å². The van der Waals surface area contributed by atoms with E-state index in [1.807, 2.05) is 20.8 Å². The molecule has 0 aliphatic heterocycles. The summed E-state index contributed by atoms with van der Waals surface area (Å²) >= 11 is 0. The Morgan fingerprint density at radius 3 is 2.61 bits per heavy atom. The molecule has 1 rings (SSSR count). The molecule has 0 bridgehead atoms. The quantitative estimate of drug-likeness (QED) is 0.787. The number of aromatic nitrogens is 2. The zero-order valence-electron chi connectivity index (χ0n) is 11.8. The Kier molecular flexibility index (Phi) is 5.28. The van der Waals surface area contributed by atoms with Crippen molar-refractivity contribution in [2.75, 3.05) is 18.0 Å². The summed E-state index contributed by atoms with van der Waals surface area (Å²) in [6.45, 7) is 13.6. The molecule has 18 heavy (non-hydrogen) atoms. The summed E-state index contributed by atoms with van der Waals surface area (Å²) in [6, 6.07) is 0. The number of hydrogen-bond acceptors (Lipinski definition) is 4. The number of anilines is 1. The molecule has 1 N–H and O–H groups in total. The van der Waals surface area contributed by atoms with Gasteiger partial charge in [-0.3, -0.25) is 0 Å². The molecule has 4 heteroatoms. The first kappa shape index (κ1) is 14.6. The van der Waals surface area contributed by atoms with E-state index in [0.29, 0.717) is 5.69 Å². The van der Waals surface area contributed by atoms with Crippen LogP contribution in [0.25, 0.3) is 0 Å². The van der Waals surface area contributed by atoms with Crippen molar-refractivity contribution in [1.29, 1.82) is 0 Å². The highest BCUT2D eigenvalue weighted by Gasteiger charge is 2.13. The Morgan fingerprint density at radius 1 is 1.50 bits per heavy atom. The van der Waals surface area contributed by atoms with Crippen LogP contribution in [-0.2, 0) is 6.61 Å². The van der Waals surface area contributed by atoms with Crippen molar-refractivity contribution in [2.24, 2.45) is 0 Å².